The average molecular weight is 406 g/mol. The molecule has 30 heavy (non-hydrogen) atoms. The molecule has 1 aromatic heterocycles. The van der Waals surface area contributed by atoms with Crippen molar-refractivity contribution in [1.29, 1.82) is 0 Å². The molecule has 3 aromatic rings. The van der Waals surface area contributed by atoms with Crippen LogP contribution in [0.3, 0.4) is 0 Å². The molecule has 0 aliphatic rings. The highest BCUT2D eigenvalue weighted by molar-refractivity contribution is 5.92. The van der Waals surface area contributed by atoms with E-state index in [1.54, 1.807) is 31.2 Å². The van der Waals surface area contributed by atoms with E-state index in [1.807, 2.05) is 30.3 Å². The predicted molar refractivity (Wildman–Crippen MR) is 114 cm³/mol. The number of anilines is 2. The predicted octanol–water partition coefficient (Wildman–Crippen LogP) is 2.05. The number of carbonyl (C=O) groups excluding carboxylic acids is 2. The zero-order chi connectivity index (χ0) is 21.5. The molecule has 0 unspecified atom stereocenters. The lowest BCUT2D eigenvalue weighted by Gasteiger charge is -2.11. The first kappa shape index (κ1) is 20.8. The van der Waals surface area contributed by atoms with Crippen LogP contribution in [0, 0.1) is 0 Å². The molecule has 0 spiro atoms. The first-order valence-electron chi connectivity index (χ1n) is 9.50. The Labute approximate surface area is 172 Å². The fourth-order valence-corrected chi connectivity index (χ4v) is 2.83. The number of nitrogens with zero attached hydrogens (tertiary/aromatic N) is 2. The molecule has 2 amide bonds. The first-order valence-corrected chi connectivity index (χ1v) is 9.50. The fourth-order valence-electron chi connectivity index (χ4n) is 2.83. The summed E-state index contributed by atoms with van der Waals surface area (Å²) in [5, 5.41) is 5.36. The maximum Gasteiger partial charge on any atom is 0.331 e. The molecule has 0 saturated carbocycles. The SMILES string of the molecule is CCC(=O)Nc1ccc(NC(=O)Cn2c(=O)ccn(Cc3ccccc3)c2=O)cc1. The van der Waals surface area contributed by atoms with Gasteiger partial charge in [0.05, 0.1) is 6.54 Å². The zero-order valence-corrected chi connectivity index (χ0v) is 16.5. The van der Waals surface area contributed by atoms with Gasteiger partial charge in [0.1, 0.15) is 6.54 Å². The van der Waals surface area contributed by atoms with E-state index in [-0.39, 0.29) is 5.91 Å². The van der Waals surface area contributed by atoms with Gasteiger partial charge in [-0.3, -0.25) is 23.5 Å². The van der Waals surface area contributed by atoms with Gasteiger partial charge in [-0.25, -0.2) is 4.79 Å². The van der Waals surface area contributed by atoms with Gasteiger partial charge in [-0.15, -0.1) is 0 Å². The molecule has 8 nitrogen and oxygen atoms in total. The highest BCUT2D eigenvalue weighted by atomic mass is 16.2. The lowest BCUT2D eigenvalue weighted by molar-refractivity contribution is -0.117. The quantitative estimate of drug-likeness (QED) is 0.627. The van der Waals surface area contributed by atoms with E-state index in [0.717, 1.165) is 10.1 Å². The molecule has 8 heteroatoms. The topological polar surface area (TPSA) is 102 Å². The van der Waals surface area contributed by atoms with Crippen molar-refractivity contribution < 1.29 is 9.59 Å². The summed E-state index contributed by atoms with van der Waals surface area (Å²) in [6, 6.07) is 17.2. The molecule has 2 aromatic carbocycles. The largest absolute Gasteiger partial charge is 0.331 e. The Kier molecular flexibility index (Phi) is 6.59. The van der Waals surface area contributed by atoms with Crippen molar-refractivity contribution >= 4 is 23.2 Å². The Morgan fingerprint density at radius 2 is 1.43 bits per heavy atom. The van der Waals surface area contributed by atoms with Gasteiger partial charge < -0.3 is 10.6 Å². The molecule has 0 fully saturated rings. The Bertz CT molecular complexity index is 1150. The Hall–Kier alpha value is -3.94. The van der Waals surface area contributed by atoms with Crippen LogP contribution in [0.4, 0.5) is 11.4 Å². The second-order valence-electron chi connectivity index (χ2n) is 6.66. The number of hydrogen-bond donors (Lipinski definition) is 2. The summed E-state index contributed by atoms with van der Waals surface area (Å²) in [6.07, 6.45) is 1.79. The standard InChI is InChI=1S/C22H22N4O4/c1-2-19(27)23-17-8-10-18(11-9-17)24-20(28)15-26-21(29)12-13-25(22(26)30)14-16-6-4-3-5-7-16/h3-13H,2,14-15H2,1H3,(H,23,27)(H,24,28). The molecule has 3 rings (SSSR count). The van der Waals surface area contributed by atoms with Gasteiger partial charge in [-0.1, -0.05) is 37.3 Å². The second kappa shape index (κ2) is 9.51. The highest BCUT2D eigenvalue weighted by Crippen LogP contribution is 2.13. The van der Waals surface area contributed by atoms with Crippen molar-refractivity contribution in [2.24, 2.45) is 0 Å². The van der Waals surface area contributed by atoms with Crippen molar-refractivity contribution in [3.05, 3.63) is 93.3 Å². The summed E-state index contributed by atoms with van der Waals surface area (Å²) in [5.74, 6) is -0.612. The lowest BCUT2D eigenvalue weighted by Crippen LogP contribution is -2.41. The fraction of sp³-hybridized carbons (Fsp3) is 0.182. The normalized spacial score (nSPS) is 10.4. The molecule has 0 aliphatic heterocycles. The highest BCUT2D eigenvalue weighted by Gasteiger charge is 2.11. The summed E-state index contributed by atoms with van der Waals surface area (Å²) >= 11 is 0. The van der Waals surface area contributed by atoms with Crippen LogP contribution < -0.4 is 21.9 Å². The van der Waals surface area contributed by atoms with Crippen LogP contribution in [0.5, 0.6) is 0 Å². The summed E-state index contributed by atoms with van der Waals surface area (Å²) < 4.78 is 2.28. The van der Waals surface area contributed by atoms with Crippen LogP contribution in [-0.2, 0) is 22.7 Å². The average Bonchev–Trinajstić information content (AvgIpc) is 2.75. The molecule has 154 valence electrons. The van der Waals surface area contributed by atoms with E-state index < -0.39 is 23.7 Å². The molecule has 0 bridgehead atoms. The first-order chi connectivity index (χ1) is 14.5. The maximum absolute atomic E-state index is 12.7. The van der Waals surface area contributed by atoms with Crippen LogP contribution in [0.2, 0.25) is 0 Å². The number of aromatic nitrogens is 2. The Morgan fingerprint density at radius 3 is 2.03 bits per heavy atom. The van der Waals surface area contributed by atoms with E-state index >= 15 is 0 Å². The van der Waals surface area contributed by atoms with Gasteiger partial charge in [0.2, 0.25) is 11.8 Å². The minimum atomic E-state index is -0.556. The lowest BCUT2D eigenvalue weighted by atomic mass is 10.2. The van der Waals surface area contributed by atoms with Crippen LogP contribution in [-0.4, -0.2) is 20.9 Å². The Balaban J connectivity index is 1.70. The van der Waals surface area contributed by atoms with E-state index in [2.05, 4.69) is 10.6 Å². The number of rotatable bonds is 7. The van der Waals surface area contributed by atoms with Crippen molar-refractivity contribution in [1.82, 2.24) is 9.13 Å². The van der Waals surface area contributed by atoms with Crippen LogP contribution >= 0.6 is 0 Å². The van der Waals surface area contributed by atoms with E-state index in [0.29, 0.717) is 24.3 Å². The number of hydrogen-bond acceptors (Lipinski definition) is 4. The summed E-state index contributed by atoms with van der Waals surface area (Å²) in [7, 11) is 0. The number of benzene rings is 2. The zero-order valence-electron chi connectivity index (χ0n) is 16.5. The minimum Gasteiger partial charge on any atom is -0.326 e. The minimum absolute atomic E-state index is 0.109. The van der Waals surface area contributed by atoms with E-state index in [9.17, 15) is 19.2 Å². The summed E-state index contributed by atoms with van der Waals surface area (Å²) in [6.45, 7) is 1.65. The van der Waals surface area contributed by atoms with Crippen molar-refractivity contribution in [3.8, 4) is 0 Å². The van der Waals surface area contributed by atoms with Crippen LogP contribution in [0.1, 0.15) is 18.9 Å². The summed E-state index contributed by atoms with van der Waals surface area (Å²) in [4.78, 5) is 48.6. The van der Waals surface area contributed by atoms with Gasteiger partial charge >= 0.3 is 5.69 Å². The molecule has 0 radical (unpaired) electrons. The van der Waals surface area contributed by atoms with Gasteiger partial charge in [-0.05, 0) is 29.8 Å². The molecular weight excluding hydrogens is 384 g/mol. The van der Waals surface area contributed by atoms with Crippen molar-refractivity contribution in [2.45, 2.75) is 26.4 Å². The number of amides is 2. The molecule has 2 N–H and O–H groups in total. The van der Waals surface area contributed by atoms with Gasteiger partial charge in [0.15, 0.2) is 0 Å². The smallest absolute Gasteiger partial charge is 0.326 e. The van der Waals surface area contributed by atoms with Crippen molar-refractivity contribution in [3.63, 3.8) is 0 Å². The monoisotopic (exact) mass is 406 g/mol. The third-order valence-corrected chi connectivity index (χ3v) is 4.41. The van der Waals surface area contributed by atoms with Gasteiger partial charge in [0, 0.05) is 30.1 Å². The van der Waals surface area contributed by atoms with Crippen molar-refractivity contribution in [2.75, 3.05) is 10.6 Å². The molecule has 0 saturated heterocycles. The summed E-state index contributed by atoms with van der Waals surface area (Å²) in [5.41, 5.74) is 0.909. The number of nitrogens with one attached hydrogen (secondary N) is 2. The van der Waals surface area contributed by atoms with Crippen LogP contribution in [0.25, 0.3) is 0 Å². The van der Waals surface area contributed by atoms with Gasteiger partial charge in [0.25, 0.3) is 5.56 Å². The third-order valence-electron chi connectivity index (χ3n) is 4.41. The van der Waals surface area contributed by atoms with Gasteiger partial charge in [-0.2, -0.15) is 0 Å². The molecule has 0 atom stereocenters. The molecule has 0 aliphatic carbocycles. The van der Waals surface area contributed by atoms with E-state index in [1.165, 1.54) is 16.8 Å². The number of carbonyl (C=O) groups is 2. The van der Waals surface area contributed by atoms with Crippen LogP contribution in [0.15, 0.2) is 76.4 Å². The van der Waals surface area contributed by atoms with E-state index in [4.69, 9.17) is 0 Å². The Morgan fingerprint density at radius 1 is 0.833 bits per heavy atom. The molecular formula is C22H22N4O4. The maximum atomic E-state index is 12.7. The second-order valence-corrected chi connectivity index (χ2v) is 6.66. The molecule has 1 heterocycles. The third kappa shape index (κ3) is 5.32.